The van der Waals surface area contributed by atoms with Gasteiger partial charge in [0.25, 0.3) is 5.17 Å². The number of methoxy groups -OCH3 is 1. The number of ether oxygens (including phenoxy) is 1. The molecule has 47 valence electrons. The maximum atomic E-state index is 4.52. The van der Waals surface area contributed by atoms with Gasteiger partial charge in [-0.25, -0.2) is 0 Å². The van der Waals surface area contributed by atoms with Crippen molar-refractivity contribution < 1.29 is 21.8 Å². The third-order valence-corrected chi connectivity index (χ3v) is 0.760. The molecule has 0 aromatic heterocycles. The smallest absolute Gasteiger partial charge is 0.256 e. The molecular weight excluding hydrogens is 162 g/mol. The van der Waals surface area contributed by atoms with Crippen molar-refractivity contribution in [2.45, 2.75) is 0 Å². The summed E-state index contributed by atoms with van der Waals surface area (Å²) in [7, 11) is 3.24. The Hall–Kier alpha value is 0.209. The Morgan fingerprint density at radius 3 is 2.14 bits per heavy atom. The van der Waals surface area contributed by atoms with Crippen LogP contribution in [0.25, 0.3) is 0 Å². The first-order valence-electron chi connectivity index (χ1n) is 1.57. The van der Waals surface area contributed by atoms with Crippen LogP contribution in [-0.4, -0.2) is 19.3 Å². The predicted octanol–water partition coefficient (Wildman–Crippen LogP) is 0.135. The molecule has 0 saturated carbocycles. The third-order valence-electron chi connectivity index (χ3n) is 0.390. The second kappa shape index (κ2) is 6.21. The van der Waals surface area contributed by atoms with E-state index in [-0.39, 0.29) is 17.1 Å². The van der Waals surface area contributed by atoms with Gasteiger partial charge >= 0.3 is 0 Å². The van der Waals surface area contributed by atoms with Crippen LogP contribution in [0.4, 0.5) is 0 Å². The summed E-state index contributed by atoms with van der Waals surface area (Å²) in [5, 5.41) is 3.05. The fraction of sp³-hybridized carbons (Fsp3) is 0.667. The van der Waals surface area contributed by atoms with Gasteiger partial charge in [0.05, 0.1) is 7.11 Å². The van der Waals surface area contributed by atoms with Crippen LogP contribution >= 0.6 is 12.2 Å². The van der Waals surface area contributed by atoms with Gasteiger partial charge in [0.15, 0.2) is 0 Å². The Balaban J connectivity index is 0. The van der Waals surface area contributed by atoms with Crippen LogP contribution in [-0.2, 0) is 21.8 Å². The Morgan fingerprint density at radius 2 is 2.14 bits per heavy atom. The van der Waals surface area contributed by atoms with Crippen molar-refractivity contribution in [2.75, 3.05) is 14.2 Å². The molecule has 0 bridgehead atoms. The van der Waals surface area contributed by atoms with Crippen LogP contribution in [0.5, 0.6) is 0 Å². The number of hydrogen-bond acceptors (Lipinski definition) is 2. The molecule has 4 heteroatoms. The zero-order chi connectivity index (χ0) is 4.99. The Bertz CT molecular complexity index is 52.9. The maximum Gasteiger partial charge on any atom is 0.256 e. The van der Waals surface area contributed by atoms with Crippen LogP contribution < -0.4 is 5.32 Å². The average Bonchev–Trinajstić information content (AvgIpc) is 1.65. The molecular formula is C3H7CuNOS. The first-order chi connectivity index (χ1) is 2.81. The summed E-state index contributed by atoms with van der Waals surface area (Å²) in [6.07, 6.45) is 0. The summed E-state index contributed by atoms with van der Waals surface area (Å²) >= 11 is 4.52. The van der Waals surface area contributed by atoms with Gasteiger partial charge in [-0.15, -0.1) is 0 Å². The SMILES string of the molecule is CNC(=S)OC.[Cu]. The summed E-state index contributed by atoms with van der Waals surface area (Å²) in [6.45, 7) is 0. The molecule has 0 heterocycles. The maximum absolute atomic E-state index is 4.52. The molecule has 0 atom stereocenters. The van der Waals surface area contributed by atoms with Crippen LogP contribution in [0.1, 0.15) is 0 Å². The van der Waals surface area contributed by atoms with E-state index in [1.165, 1.54) is 7.11 Å². The van der Waals surface area contributed by atoms with Gasteiger partial charge in [-0.1, -0.05) is 0 Å². The van der Waals surface area contributed by atoms with E-state index < -0.39 is 0 Å². The number of thiocarbonyl (C=S) groups is 1. The van der Waals surface area contributed by atoms with Crippen LogP contribution in [0.2, 0.25) is 0 Å². The Morgan fingerprint density at radius 1 is 1.71 bits per heavy atom. The minimum absolute atomic E-state index is 0. The van der Waals surface area contributed by atoms with Gasteiger partial charge in [-0.05, 0) is 12.2 Å². The van der Waals surface area contributed by atoms with E-state index in [0.29, 0.717) is 5.17 Å². The molecule has 0 fully saturated rings. The van der Waals surface area contributed by atoms with Crippen LogP contribution in [0, 0.1) is 0 Å². The van der Waals surface area contributed by atoms with Crippen molar-refractivity contribution in [3.05, 3.63) is 0 Å². The number of nitrogens with one attached hydrogen (secondary N) is 1. The monoisotopic (exact) mass is 168 g/mol. The fourth-order valence-electron chi connectivity index (χ4n) is 0.102. The zero-order valence-corrected chi connectivity index (χ0v) is 5.88. The van der Waals surface area contributed by atoms with Gasteiger partial charge < -0.3 is 10.1 Å². The Labute approximate surface area is 59.1 Å². The third kappa shape index (κ3) is 6.21. The quantitative estimate of drug-likeness (QED) is 0.411. The average molecular weight is 169 g/mol. The summed E-state index contributed by atoms with van der Waals surface area (Å²) in [5.74, 6) is 0. The minimum Gasteiger partial charge on any atom is -0.474 e. The van der Waals surface area contributed by atoms with Crippen LogP contribution in [0.15, 0.2) is 0 Å². The standard InChI is InChI=1S/C3H7NOS.Cu/c1-4-3(6)5-2;/h1-2H3,(H,4,6);. The van der Waals surface area contributed by atoms with E-state index in [1.54, 1.807) is 7.05 Å². The molecule has 0 spiro atoms. The molecule has 0 aromatic carbocycles. The predicted molar refractivity (Wildman–Crippen MR) is 28.7 cm³/mol. The van der Waals surface area contributed by atoms with Gasteiger partial charge in [0, 0.05) is 24.1 Å². The molecule has 0 unspecified atom stereocenters. The Kier molecular flexibility index (Phi) is 9.09. The molecule has 0 aliphatic rings. The topological polar surface area (TPSA) is 21.3 Å². The number of hydrogen-bond donors (Lipinski definition) is 1. The van der Waals surface area contributed by atoms with E-state index in [0.717, 1.165) is 0 Å². The summed E-state index contributed by atoms with van der Waals surface area (Å²) in [5.41, 5.74) is 0. The molecule has 0 saturated heterocycles. The fourth-order valence-corrected chi connectivity index (χ4v) is 0.102. The van der Waals surface area contributed by atoms with E-state index in [4.69, 9.17) is 0 Å². The van der Waals surface area contributed by atoms with Gasteiger partial charge in [0.2, 0.25) is 0 Å². The molecule has 2 nitrogen and oxygen atoms in total. The largest absolute Gasteiger partial charge is 0.474 e. The molecule has 0 aromatic rings. The molecule has 1 N–H and O–H groups in total. The van der Waals surface area contributed by atoms with Crippen molar-refractivity contribution in [1.29, 1.82) is 0 Å². The molecule has 0 aliphatic carbocycles. The van der Waals surface area contributed by atoms with Gasteiger partial charge in [-0.2, -0.15) is 0 Å². The molecule has 0 aliphatic heterocycles. The molecule has 0 rings (SSSR count). The van der Waals surface area contributed by atoms with Gasteiger partial charge in [0.1, 0.15) is 0 Å². The molecule has 7 heavy (non-hydrogen) atoms. The molecule has 0 amide bonds. The van der Waals surface area contributed by atoms with Gasteiger partial charge in [-0.3, -0.25) is 0 Å². The van der Waals surface area contributed by atoms with Crippen molar-refractivity contribution in [2.24, 2.45) is 0 Å². The summed E-state index contributed by atoms with van der Waals surface area (Å²) in [4.78, 5) is 0. The van der Waals surface area contributed by atoms with Crippen molar-refractivity contribution in [3.63, 3.8) is 0 Å². The van der Waals surface area contributed by atoms with Crippen molar-refractivity contribution in [1.82, 2.24) is 5.32 Å². The summed E-state index contributed by atoms with van der Waals surface area (Å²) in [6, 6.07) is 0. The minimum atomic E-state index is 0. The van der Waals surface area contributed by atoms with Crippen molar-refractivity contribution >= 4 is 17.4 Å². The van der Waals surface area contributed by atoms with Crippen LogP contribution in [0.3, 0.4) is 0 Å². The first-order valence-corrected chi connectivity index (χ1v) is 1.97. The van der Waals surface area contributed by atoms with E-state index in [1.807, 2.05) is 0 Å². The van der Waals surface area contributed by atoms with E-state index in [9.17, 15) is 0 Å². The summed E-state index contributed by atoms with van der Waals surface area (Å²) < 4.78 is 4.52. The normalized spacial score (nSPS) is 6.00. The van der Waals surface area contributed by atoms with E-state index >= 15 is 0 Å². The second-order valence-corrected chi connectivity index (χ2v) is 1.11. The second-order valence-electron chi connectivity index (χ2n) is 0.742. The molecule has 1 radical (unpaired) electrons. The van der Waals surface area contributed by atoms with E-state index in [2.05, 4.69) is 22.3 Å². The number of rotatable bonds is 0. The first kappa shape index (κ1) is 10.2. The zero-order valence-electron chi connectivity index (χ0n) is 4.12. The van der Waals surface area contributed by atoms with Crippen molar-refractivity contribution in [3.8, 4) is 0 Å².